The minimum absolute atomic E-state index is 0.660. The number of pyridine rings is 2. The Morgan fingerprint density at radius 1 is 0.857 bits per heavy atom. The Kier molecular flexibility index (Phi) is 5.08. The van der Waals surface area contributed by atoms with Gasteiger partial charge in [-0.15, -0.1) is 0 Å². The normalized spacial score (nSPS) is 18.3. The molecule has 0 atom stereocenters. The van der Waals surface area contributed by atoms with E-state index in [1.807, 2.05) is 6.20 Å². The lowest BCUT2D eigenvalue weighted by Crippen LogP contribution is -2.27. The van der Waals surface area contributed by atoms with Gasteiger partial charge in [0.15, 0.2) is 11.0 Å². The first-order valence-electron chi connectivity index (χ1n) is 13.9. The first-order chi connectivity index (χ1) is 17.2. The third kappa shape index (κ3) is 3.23. The largest absolute Gasteiger partial charge is 0.297 e. The first kappa shape index (κ1) is 21.4. The summed E-state index contributed by atoms with van der Waals surface area (Å²) < 4.78 is 5.02. The Morgan fingerprint density at radius 2 is 1.60 bits per heavy atom. The molecule has 2 aliphatic carbocycles. The van der Waals surface area contributed by atoms with Gasteiger partial charge in [0, 0.05) is 17.1 Å². The van der Waals surface area contributed by atoms with E-state index < -0.39 is 0 Å². The molecule has 0 amide bonds. The molecule has 35 heavy (non-hydrogen) atoms. The van der Waals surface area contributed by atoms with Gasteiger partial charge in [-0.3, -0.25) is 4.98 Å². The predicted octanol–water partition coefficient (Wildman–Crippen LogP) is 8.02. The molecule has 0 N–H and O–H groups in total. The van der Waals surface area contributed by atoms with E-state index in [1.165, 1.54) is 114 Å². The zero-order valence-electron chi connectivity index (χ0n) is 21.2. The quantitative estimate of drug-likeness (QED) is 0.192. The van der Waals surface area contributed by atoms with Crippen LogP contribution in [0.2, 0.25) is 0 Å². The number of hydrogen-bond acceptors (Lipinski definition) is 1. The molecule has 0 radical (unpaired) electrons. The zero-order valence-corrected chi connectivity index (χ0v) is 21.2. The number of para-hydroxylation sites is 1. The number of rotatable bonds is 2. The van der Waals surface area contributed by atoms with Gasteiger partial charge in [-0.1, -0.05) is 56.7 Å². The van der Waals surface area contributed by atoms with E-state index >= 15 is 0 Å². The summed E-state index contributed by atoms with van der Waals surface area (Å²) in [5.74, 6) is 1.35. The van der Waals surface area contributed by atoms with E-state index in [4.69, 9.17) is 4.98 Å². The molecular formula is C32H36N3+. The minimum atomic E-state index is 0.660. The smallest absolute Gasteiger partial charge is 0.255 e. The zero-order chi connectivity index (χ0) is 23.5. The molecule has 3 aromatic heterocycles. The second-order valence-electron chi connectivity index (χ2n) is 11.2. The maximum Gasteiger partial charge on any atom is 0.297 e. The van der Waals surface area contributed by atoms with Gasteiger partial charge in [-0.25, -0.2) is 4.57 Å². The van der Waals surface area contributed by atoms with Crippen molar-refractivity contribution in [3.63, 3.8) is 0 Å². The monoisotopic (exact) mass is 462 g/mol. The van der Waals surface area contributed by atoms with Crippen molar-refractivity contribution in [3.05, 3.63) is 65.4 Å². The molecule has 0 aliphatic heterocycles. The van der Waals surface area contributed by atoms with Crippen LogP contribution < -0.4 is 4.57 Å². The number of benzene rings is 2. The fourth-order valence-corrected chi connectivity index (χ4v) is 7.36. The van der Waals surface area contributed by atoms with Gasteiger partial charge in [-0.2, -0.15) is 4.40 Å². The standard InChI is InChI=1S/C32H36N3/c1-21-18-19-33-30-26-20-24(22-10-5-3-6-11-22)16-17-27(26)35-31-25(23-12-7-4-8-13-23)14-9-15-28(31)34(2)32(35)29(21)30/h9,14-20,22-23H,3-8,10-13H2,1-2H3/q+1. The van der Waals surface area contributed by atoms with E-state index in [2.05, 4.69) is 65.4 Å². The van der Waals surface area contributed by atoms with Crippen LogP contribution >= 0.6 is 0 Å². The Balaban J connectivity index is 1.62. The van der Waals surface area contributed by atoms with E-state index in [-0.39, 0.29) is 0 Å². The van der Waals surface area contributed by atoms with Crippen molar-refractivity contribution in [3.8, 4) is 0 Å². The van der Waals surface area contributed by atoms with E-state index in [9.17, 15) is 0 Å². The van der Waals surface area contributed by atoms with E-state index in [1.54, 1.807) is 0 Å². The Morgan fingerprint density at radius 3 is 2.37 bits per heavy atom. The van der Waals surface area contributed by atoms with Gasteiger partial charge in [0.2, 0.25) is 0 Å². The summed E-state index contributed by atoms with van der Waals surface area (Å²) in [6.07, 6.45) is 15.5. The second-order valence-corrected chi connectivity index (χ2v) is 11.2. The molecule has 178 valence electrons. The van der Waals surface area contributed by atoms with Crippen molar-refractivity contribution < 1.29 is 4.57 Å². The average molecular weight is 463 g/mol. The molecule has 0 bridgehead atoms. The van der Waals surface area contributed by atoms with Crippen molar-refractivity contribution >= 4 is 38.5 Å². The van der Waals surface area contributed by atoms with Crippen molar-refractivity contribution in [2.24, 2.45) is 7.05 Å². The third-order valence-electron chi connectivity index (χ3n) is 9.18. The Bertz CT molecular complexity index is 1580. The highest BCUT2D eigenvalue weighted by Gasteiger charge is 2.30. The van der Waals surface area contributed by atoms with E-state index in [0.29, 0.717) is 11.8 Å². The van der Waals surface area contributed by atoms with Gasteiger partial charge in [0.25, 0.3) is 5.65 Å². The lowest BCUT2D eigenvalue weighted by atomic mass is 9.83. The fourth-order valence-electron chi connectivity index (χ4n) is 7.36. The van der Waals surface area contributed by atoms with Gasteiger partial charge < -0.3 is 0 Å². The maximum absolute atomic E-state index is 5.00. The first-order valence-corrected chi connectivity index (χ1v) is 13.9. The summed E-state index contributed by atoms with van der Waals surface area (Å²) in [6, 6.07) is 16.5. The molecular weight excluding hydrogens is 426 g/mol. The second kappa shape index (κ2) is 8.33. The average Bonchev–Trinajstić information content (AvgIpc) is 3.22. The molecule has 2 saturated carbocycles. The number of fused-ring (bicyclic) bond motifs is 8. The van der Waals surface area contributed by atoms with Crippen LogP contribution in [0.25, 0.3) is 38.5 Å². The summed E-state index contributed by atoms with van der Waals surface area (Å²) in [5.41, 5.74) is 10.8. The van der Waals surface area contributed by atoms with Crippen molar-refractivity contribution in [2.75, 3.05) is 0 Å². The van der Waals surface area contributed by atoms with Gasteiger partial charge in [-0.05, 0) is 79.8 Å². The summed E-state index contributed by atoms with van der Waals surface area (Å²) in [7, 11) is 2.25. The topological polar surface area (TPSA) is 21.2 Å². The van der Waals surface area contributed by atoms with Crippen LogP contribution in [-0.2, 0) is 7.05 Å². The van der Waals surface area contributed by atoms with Gasteiger partial charge in [0.1, 0.15) is 5.52 Å². The minimum Gasteiger partial charge on any atom is -0.255 e. The van der Waals surface area contributed by atoms with Crippen molar-refractivity contribution in [1.82, 2.24) is 9.38 Å². The number of aryl methyl sites for hydroxylation is 2. The molecule has 2 fully saturated rings. The predicted molar refractivity (Wildman–Crippen MR) is 145 cm³/mol. The molecule has 0 spiro atoms. The Labute approximate surface area is 207 Å². The molecule has 3 heteroatoms. The van der Waals surface area contributed by atoms with Crippen LogP contribution in [0.4, 0.5) is 0 Å². The molecule has 3 heterocycles. The number of aromatic nitrogens is 3. The molecule has 3 nitrogen and oxygen atoms in total. The lowest BCUT2D eigenvalue weighted by Gasteiger charge is -2.22. The highest BCUT2D eigenvalue weighted by molar-refractivity contribution is 6.12. The van der Waals surface area contributed by atoms with E-state index in [0.717, 1.165) is 5.52 Å². The molecule has 7 rings (SSSR count). The molecule has 2 aromatic carbocycles. The van der Waals surface area contributed by atoms with Crippen LogP contribution in [0.15, 0.2) is 48.7 Å². The van der Waals surface area contributed by atoms with Crippen LogP contribution in [-0.4, -0.2) is 9.38 Å². The molecule has 5 aromatic rings. The number of hydrogen-bond donors (Lipinski definition) is 0. The SMILES string of the molecule is Cc1ccnc2c3cc(C4CCCCC4)ccc3n3c4c(C5CCCCC5)cccc4[n+](C)c3c12. The van der Waals surface area contributed by atoms with Crippen molar-refractivity contribution in [1.29, 1.82) is 0 Å². The highest BCUT2D eigenvalue weighted by Crippen LogP contribution is 2.40. The fraction of sp³-hybridized carbons (Fsp3) is 0.438. The van der Waals surface area contributed by atoms with Crippen LogP contribution in [0.3, 0.4) is 0 Å². The lowest BCUT2D eigenvalue weighted by molar-refractivity contribution is -0.617. The Hall–Kier alpha value is -2.94. The van der Waals surface area contributed by atoms with Crippen molar-refractivity contribution in [2.45, 2.75) is 83.0 Å². The van der Waals surface area contributed by atoms with Crippen LogP contribution in [0.5, 0.6) is 0 Å². The van der Waals surface area contributed by atoms with Gasteiger partial charge in [0.05, 0.1) is 18.0 Å². The highest BCUT2D eigenvalue weighted by atomic mass is 15.1. The summed E-state index contributed by atoms with van der Waals surface area (Å²) in [6.45, 7) is 2.25. The third-order valence-corrected chi connectivity index (χ3v) is 9.18. The molecule has 0 saturated heterocycles. The number of imidazole rings is 1. The summed E-state index contributed by atoms with van der Waals surface area (Å²) in [5, 5.41) is 2.62. The van der Waals surface area contributed by atoms with Crippen LogP contribution in [0.1, 0.15) is 92.7 Å². The summed E-state index contributed by atoms with van der Waals surface area (Å²) in [4.78, 5) is 5.00. The molecule has 2 aliphatic rings. The maximum atomic E-state index is 5.00. The number of nitrogens with zero attached hydrogens (tertiary/aromatic N) is 3. The molecule has 0 unspecified atom stereocenters. The van der Waals surface area contributed by atoms with Gasteiger partial charge >= 0.3 is 0 Å². The summed E-state index contributed by atoms with van der Waals surface area (Å²) >= 11 is 0. The van der Waals surface area contributed by atoms with Crippen LogP contribution in [0, 0.1) is 6.92 Å².